The molecule has 2 unspecified atom stereocenters. The third kappa shape index (κ3) is 6.29. The summed E-state index contributed by atoms with van der Waals surface area (Å²) in [4.78, 5) is 31.0. The van der Waals surface area contributed by atoms with E-state index in [1.54, 1.807) is 19.5 Å². The number of rotatable bonds is 9. The lowest BCUT2D eigenvalue weighted by Crippen LogP contribution is -2.39. The van der Waals surface area contributed by atoms with Crippen molar-refractivity contribution in [1.82, 2.24) is 15.2 Å². The molecular formula is C23H29N3O4. The summed E-state index contributed by atoms with van der Waals surface area (Å²) in [6, 6.07) is 10.8. The maximum atomic E-state index is 13.3. The Kier molecular flexibility index (Phi) is 7.79. The Hall–Kier alpha value is -2.93. The molecule has 0 spiro atoms. The Labute approximate surface area is 177 Å². The molecule has 7 nitrogen and oxygen atoms in total. The average molecular weight is 412 g/mol. The van der Waals surface area contributed by atoms with Crippen molar-refractivity contribution in [3.8, 4) is 5.75 Å². The molecule has 2 heterocycles. The molecule has 1 saturated heterocycles. The summed E-state index contributed by atoms with van der Waals surface area (Å²) in [6.07, 6.45) is 5.66. The highest BCUT2D eigenvalue weighted by Crippen LogP contribution is 2.23. The first-order chi connectivity index (χ1) is 14.5. The van der Waals surface area contributed by atoms with E-state index in [9.17, 15) is 9.59 Å². The van der Waals surface area contributed by atoms with Crippen molar-refractivity contribution < 1.29 is 19.1 Å². The highest BCUT2D eigenvalue weighted by atomic mass is 16.5. The van der Waals surface area contributed by atoms with Gasteiger partial charge in [-0.25, -0.2) is 0 Å². The van der Waals surface area contributed by atoms with Gasteiger partial charge < -0.3 is 19.7 Å². The van der Waals surface area contributed by atoms with Crippen LogP contribution in [-0.2, 0) is 20.9 Å². The fourth-order valence-corrected chi connectivity index (χ4v) is 3.64. The number of pyridine rings is 1. The van der Waals surface area contributed by atoms with Gasteiger partial charge in [-0.3, -0.25) is 14.6 Å². The molecule has 2 amide bonds. The number of amides is 2. The van der Waals surface area contributed by atoms with Crippen molar-refractivity contribution in [2.75, 3.05) is 20.3 Å². The molecule has 0 saturated carbocycles. The Morgan fingerprint density at radius 3 is 2.70 bits per heavy atom. The van der Waals surface area contributed by atoms with Crippen LogP contribution >= 0.6 is 0 Å². The van der Waals surface area contributed by atoms with Gasteiger partial charge in [0, 0.05) is 39.0 Å². The molecule has 160 valence electrons. The number of ether oxygens (including phenoxy) is 2. The van der Waals surface area contributed by atoms with E-state index >= 15 is 0 Å². The lowest BCUT2D eigenvalue weighted by Gasteiger charge is -2.28. The van der Waals surface area contributed by atoms with E-state index in [0.29, 0.717) is 13.1 Å². The third-order valence-electron chi connectivity index (χ3n) is 5.17. The zero-order valence-electron chi connectivity index (χ0n) is 17.5. The van der Waals surface area contributed by atoms with Gasteiger partial charge in [0.2, 0.25) is 11.8 Å². The van der Waals surface area contributed by atoms with E-state index in [-0.39, 0.29) is 24.3 Å². The fourth-order valence-electron chi connectivity index (χ4n) is 3.64. The molecule has 1 N–H and O–H groups in total. The summed E-state index contributed by atoms with van der Waals surface area (Å²) in [5.41, 5.74) is 1.82. The van der Waals surface area contributed by atoms with Crippen LogP contribution in [0.25, 0.3) is 0 Å². The van der Waals surface area contributed by atoms with E-state index < -0.39 is 6.04 Å². The predicted octanol–water partition coefficient (Wildman–Crippen LogP) is 2.87. The molecule has 1 aromatic heterocycles. The van der Waals surface area contributed by atoms with Gasteiger partial charge in [-0.05, 0) is 42.2 Å². The normalized spacial score (nSPS) is 16.7. The quantitative estimate of drug-likeness (QED) is 0.686. The monoisotopic (exact) mass is 411 g/mol. The van der Waals surface area contributed by atoms with Crippen LogP contribution in [0.15, 0.2) is 48.8 Å². The first kappa shape index (κ1) is 21.8. The van der Waals surface area contributed by atoms with Gasteiger partial charge in [0.25, 0.3) is 0 Å². The van der Waals surface area contributed by atoms with Gasteiger partial charge in [-0.1, -0.05) is 18.2 Å². The molecule has 3 rings (SSSR count). The highest BCUT2D eigenvalue weighted by Gasteiger charge is 2.26. The summed E-state index contributed by atoms with van der Waals surface area (Å²) in [5, 5.41) is 2.91. The highest BCUT2D eigenvalue weighted by molar-refractivity contribution is 5.79. The second kappa shape index (κ2) is 10.7. The SMILES string of the molecule is COc1ccc(C(CC(=O)N(Cc2cccnc2)CC2CCCO2)NC(C)=O)cc1. The maximum absolute atomic E-state index is 13.3. The molecule has 2 atom stereocenters. The summed E-state index contributed by atoms with van der Waals surface area (Å²) < 4.78 is 11.0. The molecule has 30 heavy (non-hydrogen) atoms. The Bertz CT molecular complexity index is 820. The zero-order valence-corrected chi connectivity index (χ0v) is 17.5. The van der Waals surface area contributed by atoms with Crippen LogP contribution in [0.2, 0.25) is 0 Å². The fraction of sp³-hybridized carbons (Fsp3) is 0.435. The van der Waals surface area contributed by atoms with Gasteiger partial charge >= 0.3 is 0 Å². The number of aromatic nitrogens is 1. The number of carbonyl (C=O) groups excluding carboxylic acids is 2. The van der Waals surface area contributed by atoms with E-state index in [0.717, 1.165) is 36.3 Å². The van der Waals surface area contributed by atoms with Crippen LogP contribution < -0.4 is 10.1 Å². The summed E-state index contributed by atoms with van der Waals surface area (Å²) in [7, 11) is 1.60. The van der Waals surface area contributed by atoms with Crippen molar-refractivity contribution in [2.45, 2.75) is 44.9 Å². The van der Waals surface area contributed by atoms with Crippen LogP contribution in [0.3, 0.4) is 0 Å². The minimum atomic E-state index is -0.415. The third-order valence-corrected chi connectivity index (χ3v) is 5.17. The Morgan fingerprint density at radius 2 is 2.10 bits per heavy atom. The van der Waals surface area contributed by atoms with Crippen LogP contribution in [0, 0.1) is 0 Å². The molecule has 1 fully saturated rings. The molecular weight excluding hydrogens is 382 g/mol. The Balaban J connectivity index is 1.76. The number of nitrogens with one attached hydrogen (secondary N) is 1. The van der Waals surface area contributed by atoms with Gasteiger partial charge in [0.15, 0.2) is 0 Å². The van der Waals surface area contributed by atoms with Crippen LogP contribution in [0.5, 0.6) is 5.75 Å². The van der Waals surface area contributed by atoms with Gasteiger partial charge in [0.05, 0.1) is 25.7 Å². The van der Waals surface area contributed by atoms with E-state index in [1.807, 2.05) is 41.3 Å². The average Bonchev–Trinajstić information content (AvgIpc) is 3.26. The zero-order chi connectivity index (χ0) is 21.3. The molecule has 7 heteroatoms. The number of methoxy groups -OCH3 is 1. The standard InChI is InChI=1S/C23H29N3O4/c1-17(27)25-22(19-7-9-20(29-2)10-8-19)13-23(28)26(16-21-6-4-12-30-21)15-18-5-3-11-24-14-18/h3,5,7-11,14,21-22H,4,6,12-13,15-16H2,1-2H3,(H,25,27). The van der Waals surface area contributed by atoms with Crippen LogP contribution in [-0.4, -0.2) is 48.1 Å². The van der Waals surface area contributed by atoms with E-state index in [2.05, 4.69) is 10.3 Å². The first-order valence-corrected chi connectivity index (χ1v) is 10.2. The summed E-state index contributed by atoms with van der Waals surface area (Å²) >= 11 is 0. The predicted molar refractivity (Wildman–Crippen MR) is 113 cm³/mol. The topological polar surface area (TPSA) is 80.8 Å². The summed E-state index contributed by atoms with van der Waals surface area (Å²) in [5.74, 6) is 0.508. The molecule has 1 aliphatic rings. The van der Waals surface area contributed by atoms with Gasteiger partial charge in [-0.15, -0.1) is 0 Å². The number of hydrogen-bond acceptors (Lipinski definition) is 5. The minimum Gasteiger partial charge on any atom is -0.497 e. The number of hydrogen-bond donors (Lipinski definition) is 1. The molecule has 1 aromatic carbocycles. The smallest absolute Gasteiger partial charge is 0.225 e. The van der Waals surface area contributed by atoms with Crippen molar-refractivity contribution in [2.24, 2.45) is 0 Å². The van der Waals surface area contributed by atoms with Crippen LogP contribution in [0.4, 0.5) is 0 Å². The lowest BCUT2D eigenvalue weighted by atomic mass is 10.0. The van der Waals surface area contributed by atoms with Gasteiger partial charge in [-0.2, -0.15) is 0 Å². The second-order valence-electron chi connectivity index (χ2n) is 7.50. The number of benzene rings is 1. The van der Waals surface area contributed by atoms with Crippen molar-refractivity contribution >= 4 is 11.8 Å². The minimum absolute atomic E-state index is 0.0380. The molecule has 0 bridgehead atoms. The summed E-state index contributed by atoms with van der Waals surface area (Å²) in [6.45, 7) is 3.19. The van der Waals surface area contributed by atoms with Crippen LogP contribution in [0.1, 0.15) is 43.4 Å². The van der Waals surface area contributed by atoms with E-state index in [4.69, 9.17) is 9.47 Å². The molecule has 1 aliphatic heterocycles. The van der Waals surface area contributed by atoms with Crippen molar-refractivity contribution in [1.29, 1.82) is 0 Å². The Morgan fingerprint density at radius 1 is 1.30 bits per heavy atom. The molecule has 2 aromatic rings. The molecule has 0 aliphatic carbocycles. The maximum Gasteiger partial charge on any atom is 0.225 e. The van der Waals surface area contributed by atoms with E-state index in [1.165, 1.54) is 6.92 Å². The number of nitrogens with zero attached hydrogens (tertiary/aromatic N) is 2. The van der Waals surface area contributed by atoms with Crippen molar-refractivity contribution in [3.05, 3.63) is 59.9 Å². The molecule has 0 radical (unpaired) electrons. The first-order valence-electron chi connectivity index (χ1n) is 10.2. The largest absolute Gasteiger partial charge is 0.497 e. The van der Waals surface area contributed by atoms with Crippen molar-refractivity contribution in [3.63, 3.8) is 0 Å². The second-order valence-corrected chi connectivity index (χ2v) is 7.50. The lowest BCUT2D eigenvalue weighted by molar-refractivity contribution is -0.134. The van der Waals surface area contributed by atoms with Gasteiger partial charge in [0.1, 0.15) is 5.75 Å². The number of carbonyl (C=O) groups is 2.